The molecular weight excluding hydrogens is 264 g/mol. The zero-order valence-corrected chi connectivity index (χ0v) is 11.2. The summed E-state index contributed by atoms with van der Waals surface area (Å²) in [5, 5.41) is 0. The van der Waals surface area contributed by atoms with E-state index in [-0.39, 0.29) is 0 Å². The van der Waals surface area contributed by atoms with Crippen molar-refractivity contribution < 1.29 is 14.3 Å². The summed E-state index contributed by atoms with van der Waals surface area (Å²) < 4.78 is 5.56. The van der Waals surface area contributed by atoms with Crippen molar-refractivity contribution in [1.29, 1.82) is 0 Å². The molecule has 0 bridgehead atoms. The Balaban J connectivity index is 1.90. The maximum Gasteiger partial charge on any atom is 0.376 e. The van der Waals surface area contributed by atoms with E-state index in [4.69, 9.17) is 4.74 Å². The summed E-state index contributed by atoms with van der Waals surface area (Å²) in [5.74, 6) is -1.72. The molecule has 0 saturated carbocycles. The third-order valence-electron chi connectivity index (χ3n) is 4.20. The number of hydrogen-bond acceptors (Lipinski definition) is 3. The standard InChI is InChI=1S/C18H12O3/c19-16-15-11-14(12-7-3-1-4-8-12)18(15,21-17(16)20)13-9-5-2-6-10-13/h1-11,15H/t15-,18-/m0/s1. The smallest absolute Gasteiger partial charge is 0.376 e. The normalized spacial score (nSPS) is 26.7. The Morgan fingerprint density at radius 1 is 0.857 bits per heavy atom. The molecule has 2 aromatic carbocycles. The summed E-state index contributed by atoms with van der Waals surface area (Å²) in [6.07, 6.45) is 1.84. The first-order valence-corrected chi connectivity index (χ1v) is 6.84. The molecule has 21 heavy (non-hydrogen) atoms. The molecule has 0 spiro atoms. The van der Waals surface area contributed by atoms with Crippen LogP contribution in [-0.4, -0.2) is 11.8 Å². The molecule has 2 aliphatic rings. The number of carbonyl (C=O) groups is 2. The fourth-order valence-electron chi connectivity index (χ4n) is 3.19. The first kappa shape index (κ1) is 12.1. The van der Waals surface area contributed by atoms with Crippen molar-refractivity contribution in [1.82, 2.24) is 0 Å². The zero-order chi connectivity index (χ0) is 14.4. The van der Waals surface area contributed by atoms with Crippen LogP contribution in [0, 0.1) is 5.92 Å². The number of carbonyl (C=O) groups excluding carboxylic acids is 2. The van der Waals surface area contributed by atoms with E-state index >= 15 is 0 Å². The fourth-order valence-corrected chi connectivity index (χ4v) is 3.19. The van der Waals surface area contributed by atoms with Crippen LogP contribution in [-0.2, 0) is 19.9 Å². The van der Waals surface area contributed by atoms with Crippen LogP contribution in [0.1, 0.15) is 11.1 Å². The van der Waals surface area contributed by atoms with Gasteiger partial charge in [0.2, 0.25) is 0 Å². The largest absolute Gasteiger partial charge is 0.442 e. The Hall–Kier alpha value is -2.68. The number of fused-ring (bicyclic) bond motifs is 1. The predicted octanol–water partition coefficient (Wildman–Crippen LogP) is 2.72. The van der Waals surface area contributed by atoms with E-state index in [2.05, 4.69) is 0 Å². The topological polar surface area (TPSA) is 43.4 Å². The quantitative estimate of drug-likeness (QED) is 0.625. The molecule has 0 unspecified atom stereocenters. The Kier molecular flexibility index (Phi) is 2.39. The van der Waals surface area contributed by atoms with Crippen molar-refractivity contribution in [3.05, 3.63) is 77.9 Å². The minimum absolute atomic E-state index is 0.460. The summed E-state index contributed by atoms with van der Waals surface area (Å²) >= 11 is 0. The number of ketones is 1. The van der Waals surface area contributed by atoms with E-state index in [1.54, 1.807) is 0 Å². The lowest BCUT2D eigenvalue weighted by Gasteiger charge is -2.41. The highest BCUT2D eigenvalue weighted by Crippen LogP contribution is 2.57. The molecule has 3 nitrogen and oxygen atoms in total. The molecule has 1 aliphatic heterocycles. The Morgan fingerprint density at radius 3 is 2.10 bits per heavy atom. The van der Waals surface area contributed by atoms with Crippen LogP contribution in [0.25, 0.3) is 5.57 Å². The summed E-state index contributed by atoms with van der Waals surface area (Å²) in [6.45, 7) is 0. The Bertz CT molecular complexity index is 762. The summed E-state index contributed by atoms with van der Waals surface area (Å²) in [7, 11) is 0. The summed E-state index contributed by atoms with van der Waals surface area (Å²) in [5.41, 5.74) is 1.76. The Morgan fingerprint density at radius 2 is 1.48 bits per heavy atom. The first-order chi connectivity index (χ1) is 10.2. The van der Waals surface area contributed by atoms with E-state index in [0.717, 1.165) is 16.7 Å². The van der Waals surface area contributed by atoms with Gasteiger partial charge in [0, 0.05) is 11.1 Å². The van der Waals surface area contributed by atoms with Crippen molar-refractivity contribution in [2.45, 2.75) is 5.60 Å². The van der Waals surface area contributed by atoms with Crippen LogP contribution in [0.5, 0.6) is 0 Å². The van der Waals surface area contributed by atoms with Gasteiger partial charge >= 0.3 is 5.97 Å². The Labute approximate surface area is 121 Å². The van der Waals surface area contributed by atoms with Gasteiger partial charge in [0.25, 0.3) is 5.78 Å². The molecule has 1 fully saturated rings. The molecule has 1 aliphatic carbocycles. The number of rotatable bonds is 2. The van der Waals surface area contributed by atoms with Crippen molar-refractivity contribution in [3.8, 4) is 0 Å². The number of benzene rings is 2. The number of hydrogen-bond donors (Lipinski definition) is 0. The van der Waals surface area contributed by atoms with Gasteiger partial charge in [-0.25, -0.2) is 4.79 Å². The van der Waals surface area contributed by atoms with E-state index < -0.39 is 23.3 Å². The monoisotopic (exact) mass is 276 g/mol. The average molecular weight is 276 g/mol. The molecule has 2 aromatic rings. The lowest BCUT2D eigenvalue weighted by atomic mass is 9.64. The van der Waals surface area contributed by atoms with Gasteiger partial charge in [-0.1, -0.05) is 66.7 Å². The van der Waals surface area contributed by atoms with Crippen LogP contribution >= 0.6 is 0 Å². The molecule has 3 heteroatoms. The van der Waals surface area contributed by atoms with Gasteiger partial charge in [-0.2, -0.15) is 0 Å². The third kappa shape index (κ3) is 1.49. The lowest BCUT2D eigenvalue weighted by molar-refractivity contribution is -0.151. The lowest BCUT2D eigenvalue weighted by Crippen LogP contribution is -2.42. The minimum Gasteiger partial charge on any atom is -0.442 e. The van der Waals surface area contributed by atoms with Gasteiger partial charge in [-0.3, -0.25) is 4.79 Å². The number of esters is 1. The number of Topliss-reactive ketones (excluding diaryl/α,β-unsaturated/α-hetero) is 1. The maximum absolute atomic E-state index is 12.0. The molecule has 2 atom stereocenters. The van der Waals surface area contributed by atoms with Gasteiger partial charge in [0.05, 0.1) is 5.92 Å². The molecule has 1 saturated heterocycles. The van der Waals surface area contributed by atoms with Gasteiger partial charge in [0.1, 0.15) is 0 Å². The van der Waals surface area contributed by atoms with E-state index in [1.165, 1.54) is 0 Å². The van der Waals surface area contributed by atoms with Gasteiger partial charge in [0.15, 0.2) is 5.60 Å². The molecular formula is C18H12O3. The first-order valence-electron chi connectivity index (χ1n) is 6.84. The van der Waals surface area contributed by atoms with Crippen LogP contribution in [0.15, 0.2) is 66.7 Å². The van der Waals surface area contributed by atoms with Gasteiger partial charge in [-0.05, 0) is 5.56 Å². The van der Waals surface area contributed by atoms with E-state index in [0.29, 0.717) is 0 Å². The SMILES string of the molecule is O=C1O[C@@]2(c3ccccc3)C(c3ccccc3)=C[C@H]2C1=O. The molecule has 1 heterocycles. The highest BCUT2D eigenvalue weighted by molar-refractivity contribution is 6.39. The second-order valence-electron chi connectivity index (χ2n) is 5.28. The second kappa shape index (κ2) is 4.16. The van der Waals surface area contributed by atoms with Crippen LogP contribution in [0.4, 0.5) is 0 Å². The minimum atomic E-state index is -0.948. The highest BCUT2D eigenvalue weighted by Gasteiger charge is 2.63. The van der Waals surface area contributed by atoms with Crippen molar-refractivity contribution in [2.75, 3.05) is 0 Å². The highest BCUT2D eigenvalue weighted by atomic mass is 16.6. The fraction of sp³-hybridized carbons (Fsp3) is 0.111. The van der Waals surface area contributed by atoms with Crippen molar-refractivity contribution in [3.63, 3.8) is 0 Å². The molecule has 0 radical (unpaired) electrons. The second-order valence-corrected chi connectivity index (χ2v) is 5.28. The predicted molar refractivity (Wildman–Crippen MR) is 77.1 cm³/mol. The van der Waals surface area contributed by atoms with Crippen LogP contribution in [0.3, 0.4) is 0 Å². The van der Waals surface area contributed by atoms with Gasteiger partial charge in [-0.15, -0.1) is 0 Å². The molecule has 0 N–H and O–H groups in total. The molecule has 0 aromatic heterocycles. The summed E-state index contributed by atoms with van der Waals surface area (Å²) in [4.78, 5) is 23.8. The third-order valence-corrected chi connectivity index (χ3v) is 4.20. The van der Waals surface area contributed by atoms with E-state index in [1.807, 2.05) is 66.7 Å². The molecule has 4 rings (SSSR count). The van der Waals surface area contributed by atoms with Gasteiger partial charge < -0.3 is 4.74 Å². The maximum atomic E-state index is 12.0. The molecule has 102 valence electrons. The van der Waals surface area contributed by atoms with Crippen LogP contribution in [0.2, 0.25) is 0 Å². The average Bonchev–Trinajstić information content (AvgIpc) is 2.70. The van der Waals surface area contributed by atoms with Crippen molar-refractivity contribution in [2.24, 2.45) is 5.92 Å². The van der Waals surface area contributed by atoms with E-state index in [9.17, 15) is 9.59 Å². The number of ether oxygens (including phenoxy) is 1. The zero-order valence-electron chi connectivity index (χ0n) is 11.2. The van der Waals surface area contributed by atoms with Crippen LogP contribution < -0.4 is 0 Å². The van der Waals surface area contributed by atoms with Crippen molar-refractivity contribution >= 4 is 17.3 Å². The molecule has 0 amide bonds. The summed E-state index contributed by atoms with van der Waals surface area (Å²) in [6, 6.07) is 19.2.